The number of aryl methyl sites for hydroxylation is 1. The van der Waals surface area contributed by atoms with Crippen LogP contribution in [0, 0.1) is 6.92 Å². The summed E-state index contributed by atoms with van der Waals surface area (Å²) in [5, 5.41) is 6.04. The molecule has 4 nitrogen and oxygen atoms in total. The molecule has 0 aromatic heterocycles. The number of nitrogens with one attached hydrogen (secondary N) is 2. The molecule has 22 heavy (non-hydrogen) atoms. The summed E-state index contributed by atoms with van der Waals surface area (Å²) in [6.45, 7) is 3.47. The van der Waals surface area contributed by atoms with Crippen LogP contribution in [-0.2, 0) is 17.9 Å². The van der Waals surface area contributed by atoms with Gasteiger partial charge in [0.25, 0.3) is 0 Å². The average Bonchev–Trinajstić information content (AvgIpc) is 2.53. The Bertz CT molecular complexity index is 626. The molecule has 1 amide bonds. The van der Waals surface area contributed by atoms with Gasteiger partial charge in [0.05, 0.1) is 13.7 Å². The number of amides is 1. The summed E-state index contributed by atoms with van der Waals surface area (Å²) in [4.78, 5) is 11.8. The van der Waals surface area contributed by atoms with Crippen molar-refractivity contribution in [1.82, 2.24) is 10.6 Å². The summed E-state index contributed by atoms with van der Waals surface area (Å²) in [5.74, 6) is 0.812. The van der Waals surface area contributed by atoms with E-state index in [1.165, 1.54) is 5.56 Å². The summed E-state index contributed by atoms with van der Waals surface area (Å²) in [5.41, 5.74) is 3.34. The normalized spacial score (nSPS) is 10.3. The van der Waals surface area contributed by atoms with Crippen LogP contribution < -0.4 is 15.4 Å². The van der Waals surface area contributed by atoms with Crippen molar-refractivity contribution in [2.45, 2.75) is 20.0 Å². The van der Waals surface area contributed by atoms with E-state index in [0.29, 0.717) is 13.1 Å². The van der Waals surface area contributed by atoms with Crippen molar-refractivity contribution in [2.75, 3.05) is 13.7 Å². The minimum Gasteiger partial charge on any atom is -0.496 e. The van der Waals surface area contributed by atoms with E-state index in [2.05, 4.69) is 16.7 Å². The first-order chi connectivity index (χ1) is 10.7. The lowest BCUT2D eigenvalue weighted by Crippen LogP contribution is -2.33. The van der Waals surface area contributed by atoms with Crippen LogP contribution >= 0.6 is 0 Å². The van der Waals surface area contributed by atoms with E-state index in [9.17, 15) is 4.79 Å². The first-order valence-corrected chi connectivity index (χ1v) is 7.34. The third kappa shape index (κ3) is 4.90. The van der Waals surface area contributed by atoms with Crippen LogP contribution in [0.4, 0.5) is 0 Å². The Morgan fingerprint density at radius 3 is 2.68 bits per heavy atom. The van der Waals surface area contributed by atoms with E-state index in [1.807, 2.05) is 49.4 Å². The third-order valence-electron chi connectivity index (χ3n) is 3.37. The Morgan fingerprint density at radius 1 is 1.09 bits per heavy atom. The zero-order valence-corrected chi connectivity index (χ0v) is 13.1. The van der Waals surface area contributed by atoms with Gasteiger partial charge in [-0.25, -0.2) is 0 Å². The van der Waals surface area contributed by atoms with E-state index in [-0.39, 0.29) is 12.5 Å². The summed E-state index contributed by atoms with van der Waals surface area (Å²) in [6.07, 6.45) is 0. The van der Waals surface area contributed by atoms with E-state index >= 15 is 0 Å². The van der Waals surface area contributed by atoms with Crippen molar-refractivity contribution >= 4 is 5.91 Å². The highest BCUT2D eigenvalue weighted by molar-refractivity contribution is 5.77. The maximum atomic E-state index is 11.8. The molecule has 116 valence electrons. The number of ether oxygens (including phenoxy) is 1. The molecule has 0 spiro atoms. The molecule has 2 N–H and O–H groups in total. The lowest BCUT2D eigenvalue weighted by Gasteiger charge is -2.10. The van der Waals surface area contributed by atoms with Crippen LogP contribution in [0.25, 0.3) is 0 Å². The maximum absolute atomic E-state index is 11.8. The Balaban J connectivity index is 1.74. The Morgan fingerprint density at radius 2 is 1.91 bits per heavy atom. The summed E-state index contributed by atoms with van der Waals surface area (Å²) >= 11 is 0. The molecular formula is C18H22N2O2. The molecule has 0 aliphatic heterocycles. The van der Waals surface area contributed by atoms with E-state index in [1.54, 1.807) is 7.11 Å². The summed E-state index contributed by atoms with van der Waals surface area (Å²) in [7, 11) is 1.65. The molecule has 2 aromatic carbocycles. The zero-order valence-electron chi connectivity index (χ0n) is 13.1. The standard InChI is InChI=1S/C18H22N2O2/c1-14-6-5-7-15(10-14)11-20-18(21)13-19-12-16-8-3-4-9-17(16)22-2/h3-10,19H,11-13H2,1-2H3,(H,20,21). The van der Waals surface area contributed by atoms with Crippen molar-refractivity contribution in [3.05, 3.63) is 65.2 Å². The number of carbonyl (C=O) groups excluding carboxylic acids is 1. The molecule has 0 saturated heterocycles. The van der Waals surface area contributed by atoms with Crippen LogP contribution in [0.5, 0.6) is 5.75 Å². The number of hydrogen-bond donors (Lipinski definition) is 2. The van der Waals surface area contributed by atoms with Gasteiger partial charge in [-0.2, -0.15) is 0 Å². The second-order valence-electron chi connectivity index (χ2n) is 5.18. The van der Waals surface area contributed by atoms with Crippen LogP contribution in [0.15, 0.2) is 48.5 Å². The summed E-state index contributed by atoms with van der Waals surface area (Å²) in [6, 6.07) is 15.9. The fourth-order valence-corrected chi connectivity index (χ4v) is 2.24. The zero-order chi connectivity index (χ0) is 15.8. The molecule has 2 rings (SSSR count). The van der Waals surface area contributed by atoms with Gasteiger partial charge >= 0.3 is 0 Å². The first-order valence-electron chi connectivity index (χ1n) is 7.34. The molecule has 0 aliphatic rings. The van der Waals surface area contributed by atoms with Crippen LogP contribution in [0.2, 0.25) is 0 Å². The lowest BCUT2D eigenvalue weighted by atomic mass is 10.1. The third-order valence-corrected chi connectivity index (χ3v) is 3.37. The molecule has 0 fully saturated rings. The molecular weight excluding hydrogens is 276 g/mol. The van der Waals surface area contributed by atoms with Crippen LogP contribution in [0.3, 0.4) is 0 Å². The Kier molecular flexibility index (Phi) is 5.98. The van der Waals surface area contributed by atoms with Gasteiger partial charge in [0.1, 0.15) is 5.75 Å². The fraction of sp³-hybridized carbons (Fsp3) is 0.278. The molecule has 0 heterocycles. The molecule has 0 radical (unpaired) electrons. The van der Waals surface area contributed by atoms with Gasteiger partial charge in [-0.1, -0.05) is 48.0 Å². The average molecular weight is 298 g/mol. The number of hydrogen-bond acceptors (Lipinski definition) is 3. The smallest absolute Gasteiger partial charge is 0.234 e. The van der Waals surface area contributed by atoms with Gasteiger partial charge in [-0.15, -0.1) is 0 Å². The van der Waals surface area contributed by atoms with Crippen molar-refractivity contribution in [2.24, 2.45) is 0 Å². The van der Waals surface area contributed by atoms with Crippen molar-refractivity contribution < 1.29 is 9.53 Å². The molecule has 4 heteroatoms. The highest BCUT2D eigenvalue weighted by atomic mass is 16.5. The number of benzene rings is 2. The van der Waals surface area contributed by atoms with Gasteiger partial charge in [0.2, 0.25) is 5.91 Å². The van der Waals surface area contributed by atoms with Crippen molar-refractivity contribution in [1.29, 1.82) is 0 Å². The van der Waals surface area contributed by atoms with Crippen molar-refractivity contribution in [3.63, 3.8) is 0 Å². The molecule has 0 unspecified atom stereocenters. The second-order valence-corrected chi connectivity index (χ2v) is 5.18. The molecule has 0 bridgehead atoms. The van der Waals surface area contributed by atoms with Crippen LogP contribution in [0.1, 0.15) is 16.7 Å². The van der Waals surface area contributed by atoms with Crippen LogP contribution in [-0.4, -0.2) is 19.6 Å². The Hall–Kier alpha value is -2.33. The SMILES string of the molecule is COc1ccccc1CNCC(=O)NCc1cccc(C)c1. The quantitative estimate of drug-likeness (QED) is 0.825. The predicted molar refractivity (Wildman–Crippen MR) is 87.7 cm³/mol. The number of rotatable bonds is 7. The van der Waals surface area contributed by atoms with E-state index < -0.39 is 0 Å². The van der Waals surface area contributed by atoms with Crippen molar-refractivity contribution in [3.8, 4) is 5.75 Å². The van der Waals surface area contributed by atoms with Gasteiger partial charge in [-0.3, -0.25) is 4.79 Å². The number of para-hydroxylation sites is 1. The first kappa shape index (κ1) is 16.0. The highest BCUT2D eigenvalue weighted by Crippen LogP contribution is 2.16. The lowest BCUT2D eigenvalue weighted by molar-refractivity contribution is -0.120. The van der Waals surface area contributed by atoms with Gasteiger partial charge in [-0.05, 0) is 18.6 Å². The Labute approximate surface area is 131 Å². The maximum Gasteiger partial charge on any atom is 0.234 e. The van der Waals surface area contributed by atoms with Gasteiger partial charge < -0.3 is 15.4 Å². The largest absolute Gasteiger partial charge is 0.496 e. The van der Waals surface area contributed by atoms with E-state index in [4.69, 9.17) is 4.74 Å². The second kappa shape index (κ2) is 8.20. The molecule has 0 atom stereocenters. The predicted octanol–water partition coefficient (Wildman–Crippen LogP) is 2.41. The number of methoxy groups -OCH3 is 1. The molecule has 0 aliphatic carbocycles. The topological polar surface area (TPSA) is 50.4 Å². The monoisotopic (exact) mass is 298 g/mol. The fourth-order valence-electron chi connectivity index (χ4n) is 2.24. The number of carbonyl (C=O) groups is 1. The van der Waals surface area contributed by atoms with E-state index in [0.717, 1.165) is 16.9 Å². The molecule has 0 saturated carbocycles. The molecule has 2 aromatic rings. The summed E-state index contributed by atoms with van der Waals surface area (Å²) < 4.78 is 5.28. The van der Waals surface area contributed by atoms with Gasteiger partial charge in [0.15, 0.2) is 0 Å². The minimum atomic E-state index is -0.0172. The highest BCUT2D eigenvalue weighted by Gasteiger charge is 2.04. The van der Waals surface area contributed by atoms with Gasteiger partial charge in [0, 0.05) is 18.7 Å². The minimum absolute atomic E-state index is 0.0172.